The van der Waals surface area contributed by atoms with Gasteiger partial charge < -0.3 is 10.5 Å². The summed E-state index contributed by atoms with van der Waals surface area (Å²) >= 11 is 0. The van der Waals surface area contributed by atoms with Gasteiger partial charge in [-0.05, 0) is 53.1 Å². The lowest BCUT2D eigenvalue weighted by molar-refractivity contribution is -0.137. The molecule has 3 aromatic rings. The van der Waals surface area contributed by atoms with Crippen LogP contribution in [0.3, 0.4) is 0 Å². The minimum atomic E-state index is -4.34. The van der Waals surface area contributed by atoms with Gasteiger partial charge in [0.15, 0.2) is 0 Å². The van der Waals surface area contributed by atoms with Gasteiger partial charge in [0.05, 0.1) is 17.8 Å². The second-order valence-electron chi connectivity index (χ2n) is 6.30. The number of benzene rings is 3. The normalized spacial score (nSPS) is 12.0. The second-order valence-corrected chi connectivity index (χ2v) is 6.30. The minimum absolute atomic E-state index is 0.167. The number of hydrogen-bond acceptors (Lipinski definition) is 3. The molecule has 0 radical (unpaired) electrons. The van der Waals surface area contributed by atoms with E-state index < -0.39 is 11.7 Å². The first kappa shape index (κ1) is 19.5. The van der Waals surface area contributed by atoms with Crippen molar-refractivity contribution in [3.63, 3.8) is 0 Å². The third-order valence-electron chi connectivity index (χ3n) is 4.19. The van der Waals surface area contributed by atoms with E-state index in [4.69, 9.17) is 0 Å². The van der Waals surface area contributed by atoms with Crippen LogP contribution in [0.25, 0.3) is 0 Å². The molecule has 0 amide bonds. The number of hydrogen-bond donors (Lipinski definition) is 2. The number of aromatic hydroxyl groups is 1. The highest BCUT2D eigenvalue weighted by Crippen LogP contribution is 2.29. The van der Waals surface area contributed by atoms with E-state index in [-0.39, 0.29) is 5.75 Å². The molecule has 0 bridgehead atoms. The number of halogens is 3. The molecule has 2 N–H and O–H groups in total. The van der Waals surface area contributed by atoms with Crippen LogP contribution >= 0.6 is 0 Å². The van der Waals surface area contributed by atoms with E-state index in [1.807, 2.05) is 30.3 Å². The van der Waals surface area contributed by atoms with Gasteiger partial charge in [-0.1, -0.05) is 42.5 Å². The lowest BCUT2D eigenvalue weighted by Crippen LogP contribution is -2.14. The summed E-state index contributed by atoms with van der Waals surface area (Å²) in [6, 6.07) is 21.5. The van der Waals surface area contributed by atoms with E-state index >= 15 is 0 Å². The molecule has 0 aliphatic carbocycles. The average Bonchev–Trinajstić information content (AvgIpc) is 2.68. The van der Waals surface area contributed by atoms with Gasteiger partial charge in [0.25, 0.3) is 0 Å². The van der Waals surface area contributed by atoms with Crippen LogP contribution in [-0.2, 0) is 19.1 Å². The van der Waals surface area contributed by atoms with Gasteiger partial charge in [0, 0.05) is 6.42 Å². The highest BCUT2D eigenvalue weighted by molar-refractivity contribution is 6.01. The third kappa shape index (κ3) is 5.36. The zero-order valence-electron chi connectivity index (χ0n) is 14.9. The van der Waals surface area contributed by atoms with Crippen LogP contribution in [0.1, 0.15) is 22.3 Å². The van der Waals surface area contributed by atoms with Crippen molar-refractivity contribution in [2.45, 2.75) is 19.1 Å². The van der Waals surface area contributed by atoms with Gasteiger partial charge in [-0.25, -0.2) is 0 Å². The maximum Gasteiger partial charge on any atom is 0.416 e. The van der Waals surface area contributed by atoms with E-state index in [2.05, 4.69) is 10.5 Å². The van der Waals surface area contributed by atoms with Crippen molar-refractivity contribution in [2.24, 2.45) is 5.10 Å². The Morgan fingerprint density at radius 2 is 1.46 bits per heavy atom. The Balaban J connectivity index is 1.74. The largest absolute Gasteiger partial charge is 0.508 e. The third-order valence-corrected chi connectivity index (χ3v) is 4.19. The summed E-state index contributed by atoms with van der Waals surface area (Å²) in [4.78, 5) is 0. The summed E-state index contributed by atoms with van der Waals surface area (Å²) < 4.78 is 37.9. The molecular weight excluding hydrogens is 365 g/mol. The van der Waals surface area contributed by atoms with Crippen LogP contribution in [0.4, 0.5) is 13.2 Å². The molecule has 0 fully saturated rings. The molecule has 28 heavy (non-hydrogen) atoms. The number of alkyl halides is 3. The van der Waals surface area contributed by atoms with E-state index in [9.17, 15) is 18.3 Å². The highest BCUT2D eigenvalue weighted by Gasteiger charge is 2.29. The summed E-state index contributed by atoms with van der Waals surface area (Å²) in [7, 11) is 0. The van der Waals surface area contributed by atoms with Crippen LogP contribution in [0.5, 0.6) is 5.75 Å². The molecule has 0 saturated heterocycles. The molecule has 0 unspecified atom stereocenters. The topological polar surface area (TPSA) is 44.6 Å². The van der Waals surface area contributed by atoms with E-state index in [1.54, 1.807) is 24.3 Å². The van der Waals surface area contributed by atoms with Crippen LogP contribution in [0, 0.1) is 0 Å². The number of nitrogens with zero attached hydrogens (tertiary/aromatic N) is 1. The fourth-order valence-corrected chi connectivity index (χ4v) is 2.69. The number of hydrazone groups is 1. The Kier molecular flexibility index (Phi) is 5.99. The molecule has 0 aliphatic rings. The fraction of sp³-hybridized carbons (Fsp3) is 0.136. The van der Waals surface area contributed by atoms with Crippen LogP contribution in [0.15, 0.2) is 84.0 Å². The molecule has 3 nitrogen and oxygen atoms in total. The van der Waals surface area contributed by atoms with Crippen LogP contribution in [0.2, 0.25) is 0 Å². The average molecular weight is 384 g/mol. The van der Waals surface area contributed by atoms with Crippen molar-refractivity contribution in [2.75, 3.05) is 0 Å². The standard InChI is InChI=1S/C22H19F3N2O/c23-22(24,25)19-10-6-17(7-11-19)15-26-27-21(14-16-4-2-1-3-5-16)18-8-12-20(28)13-9-18/h1-13,26,28H,14-15H2. The van der Waals surface area contributed by atoms with Gasteiger partial charge in [0.2, 0.25) is 0 Å². The molecule has 0 heterocycles. The van der Waals surface area contributed by atoms with Crippen LogP contribution in [-0.4, -0.2) is 10.8 Å². The number of nitrogens with one attached hydrogen (secondary N) is 1. The minimum Gasteiger partial charge on any atom is -0.508 e. The Morgan fingerprint density at radius 1 is 0.821 bits per heavy atom. The predicted octanol–water partition coefficient (Wildman–Crippen LogP) is 5.15. The molecule has 3 rings (SSSR count). The van der Waals surface area contributed by atoms with Gasteiger partial charge >= 0.3 is 6.18 Å². The molecule has 0 aromatic heterocycles. The van der Waals surface area contributed by atoms with E-state index in [1.165, 1.54) is 12.1 Å². The van der Waals surface area contributed by atoms with E-state index in [0.29, 0.717) is 18.5 Å². The van der Waals surface area contributed by atoms with Crippen molar-refractivity contribution in [3.05, 3.63) is 101 Å². The predicted molar refractivity (Wildman–Crippen MR) is 103 cm³/mol. The van der Waals surface area contributed by atoms with Crippen molar-refractivity contribution in [3.8, 4) is 5.75 Å². The smallest absolute Gasteiger partial charge is 0.416 e. The molecule has 144 valence electrons. The van der Waals surface area contributed by atoms with Gasteiger partial charge in [-0.2, -0.15) is 18.3 Å². The lowest BCUT2D eigenvalue weighted by atomic mass is 10.0. The Labute approximate surface area is 161 Å². The van der Waals surface area contributed by atoms with Crippen molar-refractivity contribution < 1.29 is 18.3 Å². The quantitative estimate of drug-likeness (QED) is 0.456. The Hall–Kier alpha value is -3.28. The first-order valence-corrected chi connectivity index (χ1v) is 8.71. The monoisotopic (exact) mass is 384 g/mol. The SMILES string of the molecule is Oc1ccc(C(Cc2ccccc2)=NNCc2ccc(C(F)(F)F)cc2)cc1. The number of phenolic OH excluding ortho intramolecular Hbond substituents is 1. The molecule has 0 aliphatic heterocycles. The summed E-state index contributed by atoms with van der Waals surface area (Å²) in [5.41, 5.74) is 5.65. The van der Waals surface area contributed by atoms with Crippen molar-refractivity contribution >= 4 is 5.71 Å². The van der Waals surface area contributed by atoms with Gasteiger partial charge in [-0.3, -0.25) is 0 Å². The maximum atomic E-state index is 12.6. The molecule has 6 heteroatoms. The van der Waals surface area contributed by atoms with Crippen molar-refractivity contribution in [1.29, 1.82) is 0 Å². The van der Waals surface area contributed by atoms with Crippen molar-refractivity contribution in [1.82, 2.24) is 5.43 Å². The molecule has 3 aromatic carbocycles. The number of rotatable bonds is 6. The van der Waals surface area contributed by atoms with Gasteiger partial charge in [0.1, 0.15) is 5.75 Å². The number of phenols is 1. The molecular formula is C22H19F3N2O. The Bertz CT molecular complexity index is 919. The molecule has 0 atom stereocenters. The lowest BCUT2D eigenvalue weighted by Gasteiger charge is -2.10. The fourth-order valence-electron chi connectivity index (χ4n) is 2.69. The first-order valence-electron chi connectivity index (χ1n) is 8.71. The molecule has 0 spiro atoms. The summed E-state index contributed by atoms with van der Waals surface area (Å²) in [6.45, 7) is 0.300. The summed E-state index contributed by atoms with van der Waals surface area (Å²) in [6.07, 6.45) is -3.77. The first-order chi connectivity index (χ1) is 13.4. The highest BCUT2D eigenvalue weighted by atomic mass is 19.4. The second kappa shape index (κ2) is 8.61. The zero-order chi connectivity index (χ0) is 20.0. The van der Waals surface area contributed by atoms with E-state index in [0.717, 1.165) is 29.0 Å². The van der Waals surface area contributed by atoms with Crippen LogP contribution < -0.4 is 5.43 Å². The molecule has 0 saturated carbocycles. The maximum absolute atomic E-state index is 12.6. The zero-order valence-corrected chi connectivity index (χ0v) is 14.9. The van der Waals surface area contributed by atoms with Gasteiger partial charge in [-0.15, -0.1) is 0 Å². The Morgan fingerprint density at radius 3 is 2.07 bits per heavy atom. The summed E-state index contributed by atoms with van der Waals surface area (Å²) in [5, 5.41) is 13.9. The summed E-state index contributed by atoms with van der Waals surface area (Å²) in [5.74, 6) is 0.167.